The van der Waals surface area contributed by atoms with Gasteiger partial charge in [0.05, 0.1) is 12.2 Å². The van der Waals surface area contributed by atoms with Crippen molar-refractivity contribution in [1.82, 2.24) is 25.1 Å². The monoisotopic (exact) mass is 388 g/mol. The molecule has 0 aliphatic carbocycles. The molecule has 0 radical (unpaired) electrons. The van der Waals surface area contributed by atoms with Crippen LogP contribution in [0.2, 0.25) is 0 Å². The predicted molar refractivity (Wildman–Crippen MR) is 108 cm³/mol. The number of fused-ring (bicyclic) bond motifs is 1. The third-order valence-electron chi connectivity index (χ3n) is 5.22. The summed E-state index contributed by atoms with van der Waals surface area (Å²) >= 11 is 0. The van der Waals surface area contributed by atoms with Crippen molar-refractivity contribution < 1.29 is 9.21 Å². The van der Waals surface area contributed by atoms with Crippen molar-refractivity contribution in [3.63, 3.8) is 0 Å². The molecule has 1 atom stereocenters. The Balaban J connectivity index is 1.46. The Morgan fingerprint density at radius 1 is 1.14 bits per heavy atom. The zero-order valence-corrected chi connectivity index (χ0v) is 15.9. The first-order valence-electron chi connectivity index (χ1n) is 9.53. The maximum absolute atomic E-state index is 13.2. The second kappa shape index (κ2) is 7.05. The number of pyridine rings is 1. The summed E-state index contributed by atoms with van der Waals surface area (Å²) < 4.78 is 5.93. The Bertz CT molecular complexity index is 1140. The van der Waals surface area contributed by atoms with Crippen LogP contribution in [-0.4, -0.2) is 50.6 Å². The van der Waals surface area contributed by atoms with Crippen molar-refractivity contribution in [1.29, 1.82) is 0 Å². The predicted octanol–water partition coefficient (Wildman–Crippen LogP) is 2.96. The van der Waals surface area contributed by atoms with Gasteiger partial charge in [-0.1, -0.05) is 18.2 Å². The smallest absolute Gasteiger partial charge is 0.300 e. The second-order valence-electron chi connectivity index (χ2n) is 7.13. The Morgan fingerprint density at radius 2 is 2.00 bits per heavy atom. The number of aromatic nitrogens is 4. The number of nitrogens with zero attached hydrogens (tertiary/aromatic N) is 5. The van der Waals surface area contributed by atoms with Gasteiger partial charge in [-0.05, 0) is 31.2 Å². The van der Waals surface area contributed by atoms with Crippen molar-refractivity contribution in [3.05, 3.63) is 71.7 Å². The third kappa shape index (κ3) is 3.22. The van der Waals surface area contributed by atoms with Crippen molar-refractivity contribution in [3.8, 4) is 0 Å². The molecule has 4 aromatic rings. The Morgan fingerprint density at radius 3 is 2.79 bits per heavy atom. The highest BCUT2D eigenvalue weighted by Gasteiger charge is 2.34. The average molecular weight is 388 g/mol. The normalized spacial score (nSPS) is 17.1. The molecule has 29 heavy (non-hydrogen) atoms. The highest BCUT2D eigenvalue weighted by molar-refractivity contribution is 5.94. The number of carbonyl (C=O) groups is 1. The van der Waals surface area contributed by atoms with Gasteiger partial charge in [-0.25, -0.2) is 4.98 Å². The zero-order valence-electron chi connectivity index (χ0n) is 15.9. The molecule has 1 aliphatic rings. The van der Waals surface area contributed by atoms with E-state index in [1.165, 1.54) is 0 Å². The van der Waals surface area contributed by atoms with E-state index < -0.39 is 0 Å². The van der Waals surface area contributed by atoms with E-state index in [9.17, 15) is 4.79 Å². The molecule has 1 aliphatic heterocycles. The number of aryl methyl sites for hydroxylation is 1. The number of hydrogen-bond donors (Lipinski definition) is 1. The van der Waals surface area contributed by atoms with Gasteiger partial charge in [-0.15, -0.1) is 0 Å². The molecule has 146 valence electrons. The van der Waals surface area contributed by atoms with E-state index in [2.05, 4.69) is 25.1 Å². The molecule has 1 amide bonds. The van der Waals surface area contributed by atoms with Crippen LogP contribution in [0, 0.1) is 6.92 Å². The fourth-order valence-electron chi connectivity index (χ4n) is 3.71. The van der Waals surface area contributed by atoms with Crippen LogP contribution in [-0.2, 0) is 0 Å². The molecule has 1 fully saturated rings. The number of amides is 1. The lowest BCUT2D eigenvalue weighted by Crippen LogP contribution is -2.50. The average Bonchev–Trinajstić information content (AvgIpc) is 3.43. The van der Waals surface area contributed by atoms with E-state index in [0.29, 0.717) is 42.4 Å². The number of aromatic amines is 1. The minimum atomic E-state index is -0.167. The highest BCUT2D eigenvalue weighted by Crippen LogP contribution is 2.30. The maximum Gasteiger partial charge on any atom is 0.300 e. The molecule has 0 spiro atoms. The standard InChI is InChI=1S/C21H20N6O2/c1-14-7-8-18-19(24-14)25-21(29-18)26-9-10-27(17(13-26)16-11-22-23-12-16)20(28)15-5-3-2-4-6-15/h2-8,11-12,17H,9-10,13H2,1H3,(H,22,23). The minimum absolute atomic E-state index is 0.00584. The molecule has 1 N–H and O–H groups in total. The van der Waals surface area contributed by atoms with Crippen LogP contribution < -0.4 is 4.90 Å². The molecule has 0 saturated carbocycles. The van der Waals surface area contributed by atoms with Crippen LogP contribution >= 0.6 is 0 Å². The van der Waals surface area contributed by atoms with Crippen molar-refractivity contribution in [2.24, 2.45) is 0 Å². The van der Waals surface area contributed by atoms with Gasteiger partial charge in [0.1, 0.15) is 0 Å². The first-order chi connectivity index (χ1) is 14.2. The number of anilines is 1. The molecule has 8 heteroatoms. The first-order valence-corrected chi connectivity index (χ1v) is 9.53. The second-order valence-corrected chi connectivity index (χ2v) is 7.13. The van der Waals surface area contributed by atoms with E-state index in [1.54, 1.807) is 6.20 Å². The number of piperazine rings is 1. The number of rotatable bonds is 3. The number of benzene rings is 1. The Hall–Kier alpha value is -3.68. The molecule has 8 nitrogen and oxygen atoms in total. The number of nitrogens with one attached hydrogen (secondary N) is 1. The molecule has 1 aromatic carbocycles. The van der Waals surface area contributed by atoms with Gasteiger partial charge in [0.2, 0.25) is 5.65 Å². The quantitative estimate of drug-likeness (QED) is 0.580. The summed E-state index contributed by atoms with van der Waals surface area (Å²) in [6.45, 7) is 3.66. The van der Waals surface area contributed by atoms with Crippen molar-refractivity contribution in [2.75, 3.05) is 24.5 Å². The summed E-state index contributed by atoms with van der Waals surface area (Å²) in [5.41, 5.74) is 3.78. The number of H-pyrrole nitrogens is 1. The minimum Gasteiger partial charge on any atom is -0.422 e. The van der Waals surface area contributed by atoms with Crippen LogP contribution in [0.4, 0.5) is 6.01 Å². The van der Waals surface area contributed by atoms with Crippen LogP contribution in [0.15, 0.2) is 59.3 Å². The lowest BCUT2D eigenvalue weighted by atomic mass is 10.0. The largest absolute Gasteiger partial charge is 0.422 e. The summed E-state index contributed by atoms with van der Waals surface area (Å²) in [5, 5.41) is 6.93. The molecule has 4 heterocycles. The molecule has 1 unspecified atom stereocenters. The van der Waals surface area contributed by atoms with E-state index in [4.69, 9.17) is 4.42 Å². The van der Waals surface area contributed by atoms with Gasteiger partial charge in [-0.3, -0.25) is 9.89 Å². The van der Waals surface area contributed by atoms with Gasteiger partial charge in [-0.2, -0.15) is 10.1 Å². The molecule has 3 aromatic heterocycles. The maximum atomic E-state index is 13.2. The number of hydrogen-bond acceptors (Lipinski definition) is 6. The third-order valence-corrected chi connectivity index (χ3v) is 5.22. The highest BCUT2D eigenvalue weighted by atomic mass is 16.4. The summed E-state index contributed by atoms with van der Waals surface area (Å²) in [6, 6.07) is 13.5. The molecular formula is C21H20N6O2. The zero-order chi connectivity index (χ0) is 19.8. The fraction of sp³-hybridized carbons (Fsp3) is 0.238. The SMILES string of the molecule is Cc1ccc2oc(N3CCN(C(=O)c4ccccc4)C(c4cn[nH]c4)C3)nc2n1. The van der Waals surface area contributed by atoms with Crippen LogP contribution in [0.3, 0.4) is 0 Å². The van der Waals surface area contributed by atoms with Gasteiger partial charge in [0.15, 0.2) is 5.58 Å². The molecule has 1 saturated heterocycles. The van der Waals surface area contributed by atoms with Gasteiger partial charge >= 0.3 is 0 Å². The lowest BCUT2D eigenvalue weighted by Gasteiger charge is -2.40. The van der Waals surface area contributed by atoms with Crippen LogP contribution in [0.25, 0.3) is 11.2 Å². The Kier molecular flexibility index (Phi) is 4.23. The van der Waals surface area contributed by atoms with E-state index >= 15 is 0 Å². The molecule has 0 bridgehead atoms. The summed E-state index contributed by atoms with van der Waals surface area (Å²) in [7, 11) is 0. The summed E-state index contributed by atoms with van der Waals surface area (Å²) in [6.07, 6.45) is 3.59. The van der Waals surface area contributed by atoms with E-state index in [-0.39, 0.29) is 11.9 Å². The van der Waals surface area contributed by atoms with Gasteiger partial charge < -0.3 is 14.2 Å². The molecular weight excluding hydrogens is 368 g/mol. The van der Waals surface area contributed by atoms with Gasteiger partial charge in [0.25, 0.3) is 11.9 Å². The topological polar surface area (TPSA) is 91.2 Å². The van der Waals surface area contributed by atoms with Crippen LogP contribution in [0.5, 0.6) is 0 Å². The lowest BCUT2D eigenvalue weighted by molar-refractivity contribution is 0.0652. The molecule has 5 rings (SSSR count). The van der Waals surface area contributed by atoms with Crippen molar-refractivity contribution >= 4 is 23.2 Å². The first kappa shape index (κ1) is 17.4. The van der Waals surface area contributed by atoms with E-state index in [1.807, 2.05) is 60.5 Å². The number of oxazole rings is 1. The summed E-state index contributed by atoms with van der Waals surface area (Å²) in [5.74, 6) is 0.00584. The number of carbonyl (C=O) groups excluding carboxylic acids is 1. The Labute approximate surface area is 167 Å². The summed E-state index contributed by atoms with van der Waals surface area (Å²) in [4.78, 5) is 26.1. The van der Waals surface area contributed by atoms with Crippen LogP contribution in [0.1, 0.15) is 27.7 Å². The van der Waals surface area contributed by atoms with Crippen molar-refractivity contribution in [2.45, 2.75) is 13.0 Å². The van der Waals surface area contributed by atoms with Gasteiger partial charge in [0, 0.05) is 42.7 Å². The fourth-order valence-corrected chi connectivity index (χ4v) is 3.71. The van der Waals surface area contributed by atoms with E-state index in [0.717, 1.165) is 11.3 Å².